The van der Waals surface area contributed by atoms with Crippen LogP contribution in [0, 0.1) is 0 Å². The van der Waals surface area contributed by atoms with Gasteiger partial charge in [0.2, 0.25) is 0 Å². The van der Waals surface area contributed by atoms with E-state index >= 15 is 0 Å². The molecule has 10 heavy (non-hydrogen) atoms. The van der Waals surface area contributed by atoms with E-state index in [9.17, 15) is 0 Å². The quantitative estimate of drug-likeness (QED) is 0.493. The second kappa shape index (κ2) is 10.6. The largest absolute Gasteiger partial charge is 0.393 e. The van der Waals surface area contributed by atoms with Crippen molar-refractivity contribution in [2.75, 3.05) is 0 Å². The Balaban J connectivity index is 0. The predicted octanol–water partition coefficient (Wildman–Crippen LogP) is 1.96. The van der Waals surface area contributed by atoms with E-state index in [1.165, 1.54) is 25.7 Å². The molecule has 0 aliphatic carbocycles. The Bertz CT molecular complexity index is 55.2. The summed E-state index contributed by atoms with van der Waals surface area (Å²) in [4.78, 5) is 0. The van der Waals surface area contributed by atoms with Crippen molar-refractivity contribution in [2.24, 2.45) is 0 Å². The second-order valence-corrected chi connectivity index (χ2v) is 2.70. The number of aliphatic hydroxyl groups excluding tert-OH is 1. The molecule has 0 aliphatic rings. The Morgan fingerprint density at radius 1 is 1.20 bits per heavy atom. The smallest absolute Gasteiger partial charge is 0.0512 e. The molecule has 0 aromatic carbocycles. The Morgan fingerprint density at radius 2 is 1.80 bits per heavy atom. The average molecular weight is 169 g/mol. The predicted molar refractivity (Wildman–Crippen MR) is 46.2 cm³/mol. The van der Waals surface area contributed by atoms with Gasteiger partial charge in [-0.1, -0.05) is 32.6 Å². The monoisotopic (exact) mass is 169 g/mol. The van der Waals surface area contributed by atoms with Crippen LogP contribution in [-0.2, 0) is 0 Å². The molecular weight excluding hydrogens is 151 g/mol. The molecule has 0 heterocycles. The van der Waals surface area contributed by atoms with Gasteiger partial charge >= 0.3 is 0 Å². The van der Waals surface area contributed by atoms with Gasteiger partial charge in [0.05, 0.1) is 6.10 Å². The number of hydrogen-bond acceptors (Lipinski definition) is 1. The van der Waals surface area contributed by atoms with Crippen LogP contribution in [0.25, 0.3) is 0 Å². The van der Waals surface area contributed by atoms with E-state index in [0.717, 1.165) is 6.42 Å². The first-order chi connectivity index (χ1) is 4.27. The van der Waals surface area contributed by atoms with Crippen molar-refractivity contribution in [2.45, 2.75) is 52.1 Å². The van der Waals surface area contributed by atoms with Crippen molar-refractivity contribution in [1.82, 2.24) is 0 Å². The van der Waals surface area contributed by atoms with E-state index in [-0.39, 0.29) is 57.5 Å². The van der Waals surface area contributed by atoms with Crippen LogP contribution in [0.1, 0.15) is 46.0 Å². The summed E-state index contributed by atoms with van der Waals surface area (Å²) in [5.41, 5.74) is 0. The van der Waals surface area contributed by atoms with Crippen LogP contribution in [0.4, 0.5) is 0 Å². The normalized spacial score (nSPS) is 12.3. The molecule has 0 aromatic heterocycles. The summed E-state index contributed by atoms with van der Waals surface area (Å²) in [6.07, 6.45) is 5.93. The standard InChI is InChI=1S/C8H18O.K/c1-3-4-5-6-7-8(2)9;/h8-9H,3-7H2,1-2H3;. The van der Waals surface area contributed by atoms with Gasteiger partial charge in [-0.25, -0.2) is 0 Å². The molecule has 1 radical (unpaired) electrons. The summed E-state index contributed by atoms with van der Waals surface area (Å²) < 4.78 is 0. The summed E-state index contributed by atoms with van der Waals surface area (Å²) in [7, 11) is 0. The van der Waals surface area contributed by atoms with Gasteiger partial charge in [-0.2, -0.15) is 0 Å². The molecular formula is C8H18KO. The zero-order valence-corrected chi connectivity index (χ0v) is 10.7. The molecule has 0 amide bonds. The third-order valence-electron chi connectivity index (χ3n) is 1.48. The maximum atomic E-state index is 8.85. The van der Waals surface area contributed by atoms with Crippen molar-refractivity contribution in [3.63, 3.8) is 0 Å². The maximum absolute atomic E-state index is 8.85. The van der Waals surface area contributed by atoms with Crippen molar-refractivity contribution < 1.29 is 5.11 Å². The fourth-order valence-electron chi connectivity index (χ4n) is 0.867. The molecule has 0 bridgehead atoms. The van der Waals surface area contributed by atoms with Crippen molar-refractivity contribution in [3.8, 4) is 0 Å². The molecule has 0 saturated heterocycles. The minimum absolute atomic E-state index is 0. The first-order valence-corrected chi connectivity index (χ1v) is 3.95. The SMILES string of the molecule is CCCCCCC(C)O.[K]. The average Bonchev–Trinajstić information content (AvgIpc) is 1.80. The van der Waals surface area contributed by atoms with Gasteiger partial charge < -0.3 is 5.11 Å². The molecule has 0 spiro atoms. The minimum atomic E-state index is -0.0955. The van der Waals surface area contributed by atoms with Crippen molar-refractivity contribution in [1.29, 1.82) is 0 Å². The van der Waals surface area contributed by atoms with E-state index < -0.39 is 0 Å². The third kappa shape index (κ3) is 12.3. The zero-order chi connectivity index (χ0) is 7.11. The summed E-state index contributed by atoms with van der Waals surface area (Å²) in [5.74, 6) is 0. The van der Waals surface area contributed by atoms with E-state index in [4.69, 9.17) is 5.11 Å². The molecule has 0 aromatic rings. The molecule has 0 saturated carbocycles. The Kier molecular flexibility index (Phi) is 15.0. The molecule has 0 aliphatic heterocycles. The molecule has 57 valence electrons. The molecule has 2 heteroatoms. The van der Waals surface area contributed by atoms with E-state index in [0.29, 0.717) is 0 Å². The Morgan fingerprint density at radius 3 is 2.20 bits per heavy atom. The summed E-state index contributed by atoms with van der Waals surface area (Å²) in [6.45, 7) is 4.05. The number of unbranched alkanes of at least 4 members (excludes halogenated alkanes) is 3. The Labute approximate surface area is 107 Å². The van der Waals surface area contributed by atoms with Crippen LogP contribution in [0.3, 0.4) is 0 Å². The molecule has 0 fully saturated rings. The van der Waals surface area contributed by atoms with E-state index in [2.05, 4.69) is 6.92 Å². The number of hydrogen-bond donors (Lipinski definition) is 1. The first-order valence-electron chi connectivity index (χ1n) is 3.95. The topological polar surface area (TPSA) is 20.2 Å². The first kappa shape index (κ1) is 14.1. The van der Waals surface area contributed by atoms with Crippen LogP contribution in [0.5, 0.6) is 0 Å². The van der Waals surface area contributed by atoms with Crippen molar-refractivity contribution in [3.05, 3.63) is 0 Å². The van der Waals surface area contributed by atoms with E-state index in [1.54, 1.807) is 0 Å². The van der Waals surface area contributed by atoms with Gasteiger partial charge in [0, 0.05) is 51.4 Å². The summed E-state index contributed by atoms with van der Waals surface area (Å²) in [5, 5.41) is 8.85. The molecule has 1 unspecified atom stereocenters. The number of aliphatic hydroxyl groups is 1. The van der Waals surface area contributed by atoms with Gasteiger partial charge in [0.25, 0.3) is 0 Å². The molecule has 1 nitrogen and oxygen atoms in total. The van der Waals surface area contributed by atoms with Gasteiger partial charge in [0.1, 0.15) is 0 Å². The van der Waals surface area contributed by atoms with Crippen LogP contribution >= 0.6 is 0 Å². The van der Waals surface area contributed by atoms with Crippen LogP contribution in [0.2, 0.25) is 0 Å². The number of rotatable bonds is 5. The van der Waals surface area contributed by atoms with Gasteiger partial charge in [-0.15, -0.1) is 0 Å². The van der Waals surface area contributed by atoms with Crippen LogP contribution < -0.4 is 0 Å². The van der Waals surface area contributed by atoms with Gasteiger partial charge in [-0.3, -0.25) is 0 Å². The van der Waals surface area contributed by atoms with Gasteiger partial charge in [-0.05, 0) is 13.3 Å². The third-order valence-corrected chi connectivity index (χ3v) is 1.48. The van der Waals surface area contributed by atoms with E-state index in [1.807, 2.05) is 6.92 Å². The maximum Gasteiger partial charge on any atom is 0.0512 e. The van der Waals surface area contributed by atoms with Crippen LogP contribution in [-0.4, -0.2) is 62.6 Å². The molecule has 0 rings (SSSR count). The van der Waals surface area contributed by atoms with Crippen molar-refractivity contribution >= 4 is 51.4 Å². The summed E-state index contributed by atoms with van der Waals surface area (Å²) in [6, 6.07) is 0. The molecule has 1 atom stereocenters. The summed E-state index contributed by atoms with van der Waals surface area (Å²) >= 11 is 0. The van der Waals surface area contributed by atoms with Gasteiger partial charge in [0.15, 0.2) is 0 Å². The Hall–Kier alpha value is 1.60. The minimum Gasteiger partial charge on any atom is -0.393 e. The van der Waals surface area contributed by atoms with Crippen LogP contribution in [0.15, 0.2) is 0 Å². The molecule has 1 N–H and O–H groups in total. The fourth-order valence-corrected chi connectivity index (χ4v) is 0.867. The zero-order valence-electron chi connectivity index (χ0n) is 7.56. The second-order valence-electron chi connectivity index (χ2n) is 2.70. The fraction of sp³-hybridized carbons (Fsp3) is 1.00.